The molecule has 1 aliphatic heterocycles. The molecule has 3 aromatic rings. The number of para-hydroxylation sites is 1. The van der Waals surface area contributed by atoms with Crippen LogP contribution in [0.5, 0.6) is 11.6 Å². The summed E-state index contributed by atoms with van der Waals surface area (Å²) in [5, 5.41) is 13.2. The number of nitrogens with zero attached hydrogens (tertiary/aromatic N) is 4. The van der Waals surface area contributed by atoms with Gasteiger partial charge in [-0.25, -0.2) is 18.3 Å². The average molecular weight is 629 g/mol. The minimum atomic E-state index is -4.58. The molecule has 1 aromatic carbocycles. The van der Waals surface area contributed by atoms with Crippen LogP contribution in [-0.4, -0.2) is 74.1 Å². The molecule has 4 N–H and O–H groups in total. The van der Waals surface area contributed by atoms with Gasteiger partial charge in [0, 0.05) is 0 Å². The van der Waals surface area contributed by atoms with E-state index in [9.17, 15) is 14.5 Å². The molecular formula is C26H35F2N6O8P. The van der Waals surface area contributed by atoms with Gasteiger partial charge < -0.3 is 29.6 Å². The van der Waals surface area contributed by atoms with Crippen molar-refractivity contribution in [2.24, 2.45) is 5.92 Å². The molecule has 0 bridgehead atoms. The van der Waals surface area contributed by atoms with Crippen LogP contribution in [0, 0.1) is 5.92 Å². The number of fused-ring (bicyclic) bond motifs is 1. The van der Waals surface area contributed by atoms with Gasteiger partial charge in [-0.2, -0.15) is 15.1 Å². The number of nitrogens with one attached hydrogen (secondary N) is 1. The van der Waals surface area contributed by atoms with Gasteiger partial charge in [-0.05, 0) is 38.8 Å². The Balaban J connectivity index is 1.59. The molecule has 1 saturated heterocycles. The monoisotopic (exact) mass is 628 g/mol. The van der Waals surface area contributed by atoms with Crippen molar-refractivity contribution in [1.29, 1.82) is 0 Å². The topological polar surface area (TPSA) is 182 Å². The van der Waals surface area contributed by atoms with Gasteiger partial charge in [0.05, 0.1) is 19.5 Å². The number of esters is 1. The second-order valence-electron chi connectivity index (χ2n) is 10.5. The van der Waals surface area contributed by atoms with Gasteiger partial charge in [-0.1, -0.05) is 32.0 Å². The summed E-state index contributed by atoms with van der Waals surface area (Å²) < 4.78 is 74.0. The quantitative estimate of drug-likeness (QED) is 0.185. The largest absolute Gasteiger partial charge is 0.476 e. The lowest BCUT2D eigenvalue weighted by Gasteiger charge is -2.28. The molecule has 0 spiro atoms. The lowest BCUT2D eigenvalue weighted by molar-refractivity contribution is -0.202. The number of anilines is 1. The molecule has 1 aliphatic rings. The number of nitrogens with two attached hydrogens (primary N) is 1. The molecule has 1 fully saturated rings. The molecular weight excluding hydrogens is 593 g/mol. The zero-order chi connectivity index (χ0) is 31.6. The third-order valence-electron chi connectivity index (χ3n) is 6.34. The average Bonchev–Trinajstić information content (AvgIpc) is 3.44. The van der Waals surface area contributed by atoms with Crippen LogP contribution in [0.2, 0.25) is 0 Å². The number of nitrogen functional groups attached to an aromatic ring is 1. The predicted octanol–water partition coefficient (Wildman–Crippen LogP) is 3.47. The number of carbonyl (C=O) groups excluding carboxylic acids is 1. The van der Waals surface area contributed by atoms with E-state index in [2.05, 4.69) is 20.0 Å². The van der Waals surface area contributed by atoms with Gasteiger partial charge in [0.15, 0.2) is 29.2 Å². The van der Waals surface area contributed by atoms with Crippen molar-refractivity contribution in [3.8, 4) is 11.6 Å². The van der Waals surface area contributed by atoms with Crippen LogP contribution >= 0.6 is 7.75 Å². The lowest BCUT2D eigenvalue weighted by atomic mass is 9.97. The highest BCUT2D eigenvalue weighted by molar-refractivity contribution is 7.52. The van der Waals surface area contributed by atoms with Gasteiger partial charge in [-0.3, -0.25) is 13.9 Å². The zero-order valence-electron chi connectivity index (χ0n) is 24.3. The number of hydrogen-bond donors (Lipinski definition) is 3. The summed E-state index contributed by atoms with van der Waals surface area (Å²) in [5.41, 5.74) is 3.04. The van der Waals surface area contributed by atoms with E-state index >= 15 is 8.78 Å². The molecule has 2 unspecified atom stereocenters. The Hall–Kier alpha value is -3.43. The number of aliphatic hydroxyl groups excluding tert-OH is 1. The summed E-state index contributed by atoms with van der Waals surface area (Å²) in [6, 6.07) is 6.53. The van der Waals surface area contributed by atoms with E-state index in [0.29, 0.717) is 0 Å². The Bertz CT molecular complexity index is 1480. The smallest absolute Gasteiger partial charge is 0.459 e. The minimum Gasteiger partial charge on any atom is -0.476 e. The molecule has 0 aliphatic carbocycles. The number of ether oxygens (including phenoxy) is 3. The van der Waals surface area contributed by atoms with Crippen LogP contribution in [0.15, 0.2) is 36.7 Å². The molecule has 43 heavy (non-hydrogen) atoms. The molecule has 2 aromatic heterocycles. The van der Waals surface area contributed by atoms with E-state index in [4.69, 9.17) is 29.0 Å². The number of hydrogen-bond acceptors (Lipinski definition) is 12. The number of carbonyl (C=O) groups is 1. The highest BCUT2D eigenvalue weighted by Gasteiger charge is 2.65. The molecule has 17 heteroatoms. The van der Waals surface area contributed by atoms with E-state index in [-0.39, 0.29) is 47.9 Å². The lowest BCUT2D eigenvalue weighted by Crippen LogP contribution is -2.47. The standard InChI is InChI=1S/C26H35F2N6O8P/c1-6-38-20-18-19(31-24(29)32-20)34(14-30-18)23-25(5,27)22(36)26(28,41-23)13-40-43(37,42-17-10-8-7-9-11-17)33-16(4)21(35)39-12-15(2)3/h7-11,14-16,22-23,36H,6,12-13H2,1-5H3,(H,33,37)(H2,29,31,32)/t16?,22-,23-,25+,26+,43?/m0/s1. The molecule has 3 heterocycles. The number of alkyl halides is 2. The maximum atomic E-state index is 16.2. The summed E-state index contributed by atoms with van der Waals surface area (Å²) in [4.78, 5) is 24.6. The highest BCUT2D eigenvalue weighted by atomic mass is 31.2. The van der Waals surface area contributed by atoms with Crippen molar-refractivity contribution < 1.29 is 46.5 Å². The first-order valence-electron chi connectivity index (χ1n) is 13.5. The fourth-order valence-electron chi connectivity index (χ4n) is 4.23. The van der Waals surface area contributed by atoms with Crippen LogP contribution in [0.4, 0.5) is 14.7 Å². The first kappa shape index (κ1) is 32.5. The molecule has 4 rings (SSSR count). The molecule has 0 radical (unpaired) electrons. The van der Waals surface area contributed by atoms with Crippen molar-refractivity contribution >= 4 is 30.8 Å². The minimum absolute atomic E-state index is 0.0174. The number of rotatable bonds is 13. The summed E-state index contributed by atoms with van der Waals surface area (Å²) in [7, 11) is -4.58. The molecule has 0 amide bonds. The van der Waals surface area contributed by atoms with E-state index in [0.717, 1.165) is 17.8 Å². The maximum Gasteiger partial charge on any atom is 0.459 e. The zero-order valence-corrected chi connectivity index (χ0v) is 25.2. The maximum absolute atomic E-state index is 16.2. The first-order valence-corrected chi connectivity index (χ1v) is 15.0. The normalized spacial score (nSPS) is 25.9. The second kappa shape index (κ2) is 12.7. The highest BCUT2D eigenvalue weighted by Crippen LogP contribution is 2.52. The Kier molecular flexibility index (Phi) is 9.57. The van der Waals surface area contributed by atoms with Crippen molar-refractivity contribution in [2.45, 2.75) is 64.5 Å². The molecule has 6 atom stereocenters. The Morgan fingerprint density at radius 2 is 1.95 bits per heavy atom. The van der Waals surface area contributed by atoms with Gasteiger partial charge in [0.25, 0.3) is 5.85 Å². The van der Waals surface area contributed by atoms with E-state index in [1.165, 1.54) is 19.1 Å². The van der Waals surface area contributed by atoms with Crippen LogP contribution in [0.1, 0.15) is 40.8 Å². The number of aliphatic hydroxyl groups is 1. The van der Waals surface area contributed by atoms with Gasteiger partial charge >= 0.3 is 13.7 Å². The Morgan fingerprint density at radius 1 is 1.26 bits per heavy atom. The van der Waals surface area contributed by atoms with Crippen molar-refractivity contribution in [3.05, 3.63) is 36.7 Å². The van der Waals surface area contributed by atoms with Crippen molar-refractivity contribution in [2.75, 3.05) is 25.6 Å². The summed E-state index contributed by atoms with van der Waals surface area (Å²) in [6.45, 7) is 6.69. The van der Waals surface area contributed by atoms with Crippen LogP contribution in [-0.2, 0) is 23.4 Å². The molecule has 236 valence electrons. The summed E-state index contributed by atoms with van der Waals surface area (Å²) >= 11 is 0. The SMILES string of the molecule is CCOc1nc(N)nc2c1ncn2[C@H]1O[C@](F)(COP(=O)(NC(C)C(=O)OCC(C)C)Oc2ccccc2)[C@@H](O)[C@@]1(C)F. The third kappa shape index (κ3) is 7.04. The number of halogens is 2. The summed E-state index contributed by atoms with van der Waals surface area (Å²) in [5.74, 6) is -4.14. The third-order valence-corrected chi connectivity index (χ3v) is 7.96. The van der Waals surface area contributed by atoms with Crippen molar-refractivity contribution in [3.63, 3.8) is 0 Å². The van der Waals surface area contributed by atoms with Crippen LogP contribution < -0.4 is 20.1 Å². The van der Waals surface area contributed by atoms with E-state index in [1.807, 2.05) is 13.8 Å². The number of benzene rings is 1. The van der Waals surface area contributed by atoms with E-state index < -0.39 is 50.2 Å². The predicted molar refractivity (Wildman–Crippen MR) is 149 cm³/mol. The number of imidazole rings is 1. The fourth-order valence-corrected chi connectivity index (χ4v) is 5.73. The Morgan fingerprint density at radius 3 is 2.60 bits per heavy atom. The van der Waals surface area contributed by atoms with E-state index in [1.54, 1.807) is 25.1 Å². The molecule has 0 saturated carbocycles. The number of aromatic nitrogens is 4. The second-order valence-corrected chi connectivity index (χ2v) is 12.2. The molecule has 14 nitrogen and oxygen atoms in total. The van der Waals surface area contributed by atoms with Gasteiger partial charge in [0.1, 0.15) is 18.4 Å². The first-order chi connectivity index (χ1) is 20.2. The van der Waals surface area contributed by atoms with Gasteiger partial charge in [0.2, 0.25) is 11.8 Å². The fraction of sp³-hybridized carbons (Fsp3) is 0.538. The van der Waals surface area contributed by atoms with Crippen LogP contribution in [0.25, 0.3) is 11.2 Å². The van der Waals surface area contributed by atoms with Crippen molar-refractivity contribution in [1.82, 2.24) is 24.6 Å². The summed E-state index contributed by atoms with van der Waals surface area (Å²) in [6.07, 6.45) is -3.18. The van der Waals surface area contributed by atoms with Gasteiger partial charge in [-0.15, -0.1) is 0 Å². The Labute approximate surface area is 246 Å². The van der Waals surface area contributed by atoms with Crippen LogP contribution in [0.3, 0.4) is 0 Å².